The second-order valence-corrected chi connectivity index (χ2v) is 7.00. The number of hydrogen-bond acceptors (Lipinski definition) is 4. The minimum absolute atomic E-state index is 0.103. The van der Waals surface area contributed by atoms with Gasteiger partial charge in [0.25, 0.3) is 5.91 Å². The summed E-state index contributed by atoms with van der Waals surface area (Å²) in [6, 6.07) is 13.3. The number of carbonyl (C=O) groups excluding carboxylic acids is 2. The lowest BCUT2D eigenvalue weighted by Crippen LogP contribution is -2.34. The van der Waals surface area contributed by atoms with E-state index in [0.717, 1.165) is 23.3 Å². The molecular weight excluding hydrogens is 354 g/mol. The van der Waals surface area contributed by atoms with Gasteiger partial charge in [-0.1, -0.05) is 31.2 Å². The molecule has 0 saturated heterocycles. The van der Waals surface area contributed by atoms with Gasteiger partial charge < -0.3 is 15.4 Å². The van der Waals surface area contributed by atoms with Crippen LogP contribution in [0.5, 0.6) is 5.75 Å². The lowest BCUT2D eigenvalue weighted by molar-refractivity contribution is -0.117. The van der Waals surface area contributed by atoms with Gasteiger partial charge in [-0.25, -0.2) is 0 Å². The molecule has 0 aliphatic carbocycles. The predicted octanol–water partition coefficient (Wildman–Crippen LogP) is 2.97. The highest BCUT2D eigenvalue weighted by atomic mass is 16.5. The van der Waals surface area contributed by atoms with Crippen LogP contribution < -0.4 is 15.4 Å². The third kappa shape index (κ3) is 5.10. The summed E-state index contributed by atoms with van der Waals surface area (Å²) in [6.07, 6.45) is 0.879. The first kappa shape index (κ1) is 19.9. The Hall–Kier alpha value is -2.86. The lowest BCUT2D eigenvalue weighted by atomic mass is 10.1. The molecule has 148 valence electrons. The van der Waals surface area contributed by atoms with Crippen molar-refractivity contribution in [3.63, 3.8) is 0 Å². The second kappa shape index (κ2) is 9.37. The van der Waals surface area contributed by atoms with E-state index in [1.165, 1.54) is 0 Å². The molecule has 2 N–H and O–H groups in total. The third-order valence-corrected chi connectivity index (χ3v) is 4.71. The van der Waals surface area contributed by atoms with Crippen LogP contribution in [0.1, 0.15) is 34.8 Å². The molecule has 0 radical (unpaired) electrons. The Kier molecular flexibility index (Phi) is 6.66. The van der Waals surface area contributed by atoms with Gasteiger partial charge in [0.05, 0.1) is 6.54 Å². The average Bonchev–Trinajstić information content (AvgIpc) is 2.89. The summed E-state index contributed by atoms with van der Waals surface area (Å²) < 4.78 is 5.75. The number of fused-ring (bicyclic) bond motifs is 1. The van der Waals surface area contributed by atoms with Crippen LogP contribution in [0.2, 0.25) is 0 Å². The van der Waals surface area contributed by atoms with Crippen molar-refractivity contribution in [3.8, 4) is 5.75 Å². The summed E-state index contributed by atoms with van der Waals surface area (Å²) in [5.74, 6) is 0.652. The molecule has 0 spiro atoms. The van der Waals surface area contributed by atoms with E-state index in [0.29, 0.717) is 37.5 Å². The van der Waals surface area contributed by atoms with Gasteiger partial charge in [0, 0.05) is 36.4 Å². The molecule has 2 amide bonds. The molecule has 0 atom stereocenters. The summed E-state index contributed by atoms with van der Waals surface area (Å²) in [5, 5.41) is 5.81. The minimum Gasteiger partial charge on any atom is -0.492 e. The topological polar surface area (TPSA) is 70.7 Å². The fraction of sp³-hybridized carbons (Fsp3) is 0.364. The van der Waals surface area contributed by atoms with Crippen LogP contribution in [-0.4, -0.2) is 43.0 Å². The van der Waals surface area contributed by atoms with Gasteiger partial charge in [0.15, 0.2) is 0 Å². The van der Waals surface area contributed by atoms with Crippen LogP contribution in [0, 0.1) is 6.92 Å². The molecule has 0 unspecified atom stereocenters. The number of aryl methyl sites for hydroxylation is 1. The van der Waals surface area contributed by atoms with Crippen molar-refractivity contribution in [2.75, 3.05) is 31.6 Å². The molecule has 28 heavy (non-hydrogen) atoms. The van der Waals surface area contributed by atoms with E-state index in [4.69, 9.17) is 4.74 Å². The molecule has 1 aliphatic rings. The molecule has 0 bridgehead atoms. The van der Waals surface area contributed by atoms with Gasteiger partial charge in [-0.2, -0.15) is 0 Å². The Bertz CT molecular complexity index is 851. The molecule has 6 nitrogen and oxygen atoms in total. The maximum absolute atomic E-state index is 12.6. The molecule has 0 aromatic heterocycles. The SMILES string of the molecule is CCCNC(=O)c1ccc(C)c(NC(=O)CN2CCOc3ccccc3C2)c1. The van der Waals surface area contributed by atoms with Gasteiger partial charge in [0.1, 0.15) is 12.4 Å². The van der Waals surface area contributed by atoms with Gasteiger partial charge in [-0.15, -0.1) is 0 Å². The number of hydrogen-bond donors (Lipinski definition) is 2. The smallest absolute Gasteiger partial charge is 0.251 e. The maximum Gasteiger partial charge on any atom is 0.251 e. The van der Waals surface area contributed by atoms with E-state index in [9.17, 15) is 9.59 Å². The van der Waals surface area contributed by atoms with Gasteiger partial charge in [-0.3, -0.25) is 14.5 Å². The summed E-state index contributed by atoms with van der Waals surface area (Å²) >= 11 is 0. The largest absolute Gasteiger partial charge is 0.492 e. The predicted molar refractivity (Wildman–Crippen MR) is 110 cm³/mol. The van der Waals surface area contributed by atoms with E-state index >= 15 is 0 Å². The number of rotatable bonds is 6. The van der Waals surface area contributed by atoms with Gasteiger partial charge in [0.2, 0.25) is 5.91 Å². The molecule has 3 rings (SSSR count). The first-order chi connectivity index (χ1) is 13.6. The van der Waals surface area contributed by atoms with Crippen molar-refractivity contribution in [2.45, 2.75) is 26.8 Å². The average molecular weight is 381 g/mol. The Morgan fingerprint density at radius 1 is 1.18 bits per heavy atom. The van der Waals surface area contributed by atoms with E-state index in [1.807, 2.05) is 44.2 Å². The number of benzene rings is 2. The van der Waals surface area contributed by atoms with Gasteiger partial charge in [-0.05, 0) is 37.1 Å². The standard InChI is InChI=1S/C22H27N3O3/c1-3-10-23-22(27)17-9-8-16(2)19(13-17)24-21(26)15-25-11-12-28-20-7-5-4-6-18(20)14-25/h4-9,13H,3,10-12,14-15H2,1-2H3,(H,23,27)(H,24,26). The number of ether oxygens (including phenoxy) is 1. The molecule has 0 saturated carbocycles. The van der Waals surface area contributed by atoms with Crippen molar-refractivity contribution in [1.29, 1.82) is 0 Å². The van der Waals surface area contributed by atoms with E-state index in [2.05, 4.69) is 15.5 Å². The van der Waals surface area contributed by atoms with Crippen molar-refractivity contribution >= 4 is 17.5 Å². The van der Waals surface area contributed by atoms with Crippen molar-refractivity contribution in [2.24, 2.45) is 0 Å². The Morgan fingerprint density at radius 3 is 2.82 bits per heavy atom. The fourth-order valence-electron chi connectivity index (χ4n) is 3.15. The number of nitrogens with zero attached hydrogens (tertiary/aromatic N) is 1. The van der Waals surface area contributed by atoms with E-state index in [1.54, 1.807) is 12.1 Å². The first-order valence-electron chi connectivity index (χ1n) is 9.68. The number of para-hydroxylation sites is 1. The van der Waals surface area contributed by atoms with Crippen LogP contribution in [0.25, 0.3) is 0 Å². The maximum atomic E-state index is 12.6. The lowest BCUT2D eigenvalue weighted by Gasteiger charge is -2.19. The minimum atomic E-state index is -0.126. The number of anilines is 1. The first-order valence-corrected chi connectivity index (χ1v) is 9.68. The summed E-state index contributed by atoms with van der Waals surface area (Å²) in [5.41, 5.74) is 3.22. The Morgan fingerprint density at radius 2 is 2.00 bits per heavy atom. The summed E-state index contributed by atoms with van der Waals surface area (Å²) in [4.78, 5) is 26.9. The molecule has 2 aromatic rings. The zero-order chi connectivity index (χ0) is 19.9. The fourth-order valence-corrected chi connectivity index (χ4v) is 3.15. The van der Waals surface area contributed by atoms with Crippen LogP contribution in [0.15, 0.2) is 42.5 Å². The van der Waals surface area contributed by atoms with Gasteiger partial charge >= 0.3 is 0 Å². The second-order valence-electron chi connectivity index (χ2n) is 7.00. The monoisotopic (exact) mass is 381 g/mol. The molecular formula is C22H27N3O3. The quantitative estimate of drug-likeness (QED) is 0.807. The van der Waals surface area contributed by atoms with E-state index in [-0.39, 0.29) is 18.4 Å². The highest BCUT2D eigenvalue weighted by molar-refractivity contribution is 5.98. The molecule has 1 heterocycles. The normalized spacial score (nSPS) is 13.8. The zero-order valence-electron chi connectivity index (χ0n) is 16.5. The molecule has 6 heteroatoms. The Labute approximate surface area is 165 Å². The number of nitrogens with one attached hydrogen (secondary N) is 2. The van der Waals surface area contributed by atoms with E-state index < -0.39 is 0 Å². The third-order valence-electron chi connectivity index (χ3n) is 4.71. The molecule has 2 aromatic carbocycles. The van der Waals surface area contributed by atoms with Crippen molar-refractivity contribution < 1.29 is 14.3 Å². The number of carbonyl (C=O) groups is 2. The van der Waals surface area contributed by atoms with Crippen LogP contribution in [-0.2, 0) is 11.3 Å². The highest BCUT2D eigenvalue weighted by Crippen LogP contribution is 2.22. The van der Waals surface area contributed by atoms with Crippen molar-refractivity contribution in [1.82, 2.24) is 10.2 Å². The highest BCUT2D eigenvalue weighted by Gasteiger charge is 2.18. The molecule has 1 aliphatic heterocycles. The summed E-state index contributed by atoms with van der Waals surface area (Å²) in [6.45, 7) is 6.72. The summed E-state index contributed by atoms with van der Waals surface area (Å²) in [7, 11) is 0. The number of amides is 2. The molecule has 0 fully saturated rings. The van der Waals surface area contributed by atoms with Crippen LogP contribution in [0.3, 0.4) is 0 Å². The van der Waals surface area contributed by atoms with Crippen LogP contribution in [0.4, 0.5) is 5.69 Å². The zero-order valence-corrected chi connectivity index (χ0v) is 16.5. The van der Waals surface area contributed by atoms with Crippen LogP contribution >= 0.6 is 0 Å². The van der Waals surface area contributed by atoms with Crippen molar-refractivity contribution in [3.05, 3.63) is 59.2 Å². The Balaban J connectivity index is 1.64.